The molecule has 0 atom stereocenters. The number of nitrogens with two attached hydrogens (primary N) is 1. The number of nitrogens with zero attached hydrogens (tertiary/aromatic N) is 2. The molecule has 114 valence electrons. The first kappa shape index (κ1) is 15.1. The van der Waals surface area contributed by atoms with Crippen LogP contribution in [0.4, 0.5) is 9.52 Å². The van der Waals surface area contributed by atoms with Crippen LogP contribution in [0.3, 0.4) is 0 Å². The van der Waals surface area contributed by atoms with E-state index in [1.807, 2.05) is 0 Å². The summed E-state index contributed by atoms with van der Waals surface area (Å²) >= 11 is 8.57. The summed E-state index contributed by atoms with van der Waals surface area (Å²) in [5.41, 5.74) is 5.48. The van der Waals surface area contributed by atoms with E-state index in [9.17, 15) is 9.18 Å². The second-order valence-electron chi connectivity index (χ2n) is 4.40. The molecule has 0 aliphatic carbocycles. The lowest BCUT2D eigenvalue weighted by atomic mass is 10.2. The monoisotopic (exact) mass is 356 g/mol. The van der Waals surface area contributed by atoms with Gasteiger partial charge in [0.1, 0.15) is 15.7 Å². The van der Waals surface area contributed by atoms with Crippen molar-refractivity contribution in [3.63, 3.8) is 0 Å². The van der Waals surface area contributed by atoms with Gasteiger partial charge < -0.3 is 11.1 Å². The molecule has 2 aromatic heterocycles. The predicted molar refractivity (Wildman–Crippen MR) is 87.2 cm³/mol. The molecular formula is C13H10ClFN4OS2. The molecule has 1 amide bonds. The number of fused-ring (bicyclic) bond motifs is 1. The van der Waals surface area contributed by atoms with Crippen molar-refractivity contribution in [3.8, 4) is 0 Å². The Morgan fingerprint density at radius 2 is 2.18 bits per heavy atom. The predicted octanol–water partition coefficient (Wildman–Crippen LogP) is 3.10. The molecule has 0 fully saturated rings. The first-order chi connectivity index (χ1) is 10.6. The topological polar surface area (TPSA) is 80.9 Å². The normalized spacial score (nSPS) is 11.0. The number of halogens is 2. The second kappa shape index (κ2) is 6.15. The van der Waals surface area contributed by atoms with Gasteiger partial charge in [-0.1, -0.05) is 29.0 Å². The fraction of sp³-hybridized carbons (Fsp3) is 0.154. The van der Waals surface area contributed by atoms with Crippen LogP contribution in [0.5, 0.6) is 0 Å². The molecule has 0 saturated heterocycles. The van der Waals surface area contributed by atoms with Crippen LogP contribution in [0.1, 0.15) is 14.7 Å². The highest BCUT2D eigenvalue weighted by molar-refractivity contribution is 7.21. The van der Waals surface area contributed by atoms with Crippen molar-refractivity contribution in [1.29, 1.82) is 0 Å². The van der Waals surface area contributed by atoms with Gasteiger partial charge in [-0.3, -0.25) is 4.79 Å². The van der Waals surface area contributed by atoms with Crippen LogP contribution in [0.2, 0.25) is 5.02 Å². The van der Waals surface area contributed by atoms with Gasteiger partial charge in [0.15, 0.2) is 0 Å². The van der Waals surface area contributed by atoms with Crippen LogP contribution in [0.25, 0.3) is 10.1 Å². The van der Waals surface area contributed by atoms with Gasteiger partial charge in [-0.05, 0) is 12.1 Å². The lowest BCUT2D eigenvalue weighted by Crippen LogP contribution is -2.25. The molecule has 5 nitrogen and oxygen atoms in total. The summed E-state index contributed by atoms with van der Waals surface area (Å²) in [4.78, 5) is 12.5. The fourth-order valence-electron chi connectivity index (χ4n) is 1.95. The Labute approximate surface area is 137 Å². The van der Waals surface area contributed by atoms with E-state index in [2.05, 4.69) is 15.5 Å². The third kappa shape index (κ3) is 2.90. The van der Waals surface area contributed by atoms with Gasteiger partial charge in [0.25, 0.3) is 5.91 Å². The summed E-state index contributed by atoms with van der Waals surface area (Å²) in [6, 6.07) is 4.64. The number of nitrogen functional groups attached to an aromatic ring is 1. The Kier molecular flexibility index (Phi) is 4.23. The van der Waals surface area contributed by atoms with Gasteiger partial charge in [-0.25, -0.2) is 4.39 Å². The molecule has 9 heteroatoms. The number of hydrogen-bond acceptors (Lipinski definition) is 6. The Hall–Kier alpha value is -1.77. The molecule has 0 aliphatic heterocycles. The highest BCUT2D eigenvalue weighted by atomic mass is 35.5. The molecule has 0 saturated carbocycles. The number of benzene rings is 1. The summed E-state index contributed by atoms with van der Waals surface area (Å²) < 4.78 is 14.4. The average molecular weight is 357 g/mol. The summed E-state index contributed by atoms with van der Waals surface area (Å²) in [6.45, 7) is 0.376. The molecule has 3 aromatic rings. The minimum atomic E-state index is -0.429. The van der Waals surface area contributed by atoms with Gasteiger partial charge in [0.05, 0.1) is 5.02 Å². The first-order valence-corrected chi connectivity index (χ1v) is 8.30. The average Bonchev–Trinajstić information content (AvgIpc) is 3.04. The minimum Gasteiger partial charge on any atom is -0.374 e. The maximum atomic E-state index is 13.8. The molecular weight excluding hydrogens is 347 g/mol. The Morgan fingerprint density at radius 1 is 1.36 bits per heavy atom. The lowest BCUT2D eigenvalue weighted by Gasteiger charge is -2.01. The van der Waals surface area contributed by atoms with Crippen LogP contribution in [-0.4, -0.2) is 22.6 Å². The SMILES string of the molecule is Nc1nnc(CCNC(=O)c2sc3cccc(F)c3c2Cl)s1. The van der Waals surface area contributed by atoms with Crippen molar-refractivity contribution in [2.24, 2.45) is 0 Å². The third-order valence-electron chi connectivity index (χ3n) is 2.92. The lowest BCUT2D eigenvalue weighted by molar-refractivity contribution is 0.0958. The first-order valence-electron chi connectivity index (χ1n) is 6.29. The Balaban J connectivity index is 1.72. The Bertz CT molecular complexity index is 848. The van der Waals surface area contributed by atoms with Gasteiger partial charge in [-0.2, -0.15) is 0 Å². The smallest absolute Gasteiger partial charge is 0.262 e. The van der Waals surface area contributed by atoms with Crippen LogP contribution >= 0.6 is 34.3 Å². The van der Waals surface area contributed by atoms with Gasteiger partial charge in [0, 0.05) is 23.1 Å². The summed E-state index contributed by atoms with van der Waals surface area (Å²) in [6.07, 6.45) is 0.525. The molecule has 2 heterocycles. The maximum absolute atomic E-state index is 13.8. The van der Waals surface area contributed by atoms with Crippen molar-refractivity contribution in [3.05, 3.63) is 38.9 Å². The Morgan fingerprint density at radius 3 is 2.86 bits per heavy atom. The largest absolute Gasteiger partial charge is 0.374 e. The van der Waals surface area contributed by atoms with Crippen LogP contribution in [0, 0.1) is 5.82 Å². The minimum absolute atomic E-state index is 0.149. The van der Waals surface area contributed by atoms with Gasteiger partial charge in [0.2, 0.25) is 5.13 Å². The van der Waals surface area contributed by atoms with Crippen LogP contribution in [-0.2, 0) is 6.42 Å². The van der Waals surface area contributed by atoms with Crippen LogP contribution < -0.4 is 11.1 Å². The van der Waals surface area contributed by atoms with Crippen molar-refractivity contribution in [2.45, 2.75) is 6.42 Å². The zero-order valence-electron chi connectivity index (χ0n) is 11.1. The van der Waals surface area contributed by atoms with E-state index >= 15 is 0 Å². The molecule has 3 rings (SSSR count). The highest BCUT2D eigenvalue weighted by Crippen LogP contribution is 2.36. The van der Waals surface area contributed by atoms with E-state index in [0.29, 0.717) is 27.7 Å². The quantitative estimate of drug-likeness (QED) is 0.752. The number of anilines is 1. The number of carbonyl (C=O) groups is 1. The second-order valence-corrected chi connectivity index (χ2v) is 6.92. The molecule has 0 aliphatic rings. The maximum Gasteiger partial charge on any atom is 0.262 e. The van der Waals surface area contributed by atoms with Crippen LogP contribution in [0.15, 0.2) is 18.2 Å². The molecule has 0 unspecified atom stereocenters. The molecule has 3 N–H and O–H groups in total. The van der Waals surface area contributed by atoms with Gasteiger partial charge >= 0.3 is 0 Å². The highest BCUT2D eigenvalue weighted by Gasteiger charge is 2.19. The summed E-state index contributed by atoms with van der Waals surface area (Å²) in [5, 5.41) is 11.9. The number of amides is 1. The fourth-order valence-corrected chi connectivity index (χ4v) is 4.03. The molecule has 22 heavy (non-hydrogen) atoms. The molecule has 0 radical (unpaired) electrons. The molecule has 0 bridgehead atoms. The van der Waals surface area contributed by atoms with Crippen molar-refractivity contribution < 1.29 is 9.18 Å². The van der Waals surface area contributed by atoms with E-state index < -0.39 is 5.82 Å². The molecule has 0 spiro atoms. The van der Waals surface area contributed by atoms with Gasteiger partial charge in [-0.15, -0.1) is 21.5 Å². The van der Waals surface area contributed by atoms with Crippen molar-refractivity contribution in [2.75, 3.05) is 12.3 Å². The summed E-state index contributed by atoms with van der Waals surface area (Å²) in [5.74, 6) is -0.759. The number of hydrogen-bond donors (Lipinski definition) is 2. The molecule has 1 aromatic carbocycles. The number of rotatable bonds is 4. The van der Waals surface area contributed by atoms with E-state index in [1.165, 1.54) is 28.7 Å². The number of aromatic nitrogens is 2. The van der Waals surface area contributed by atoms with Crippen molar-refractivity contribution in [1.82, 2.24) is 15.5 Å². The van der Waals surface area contributed by atoms with E-state index in [1.54, 1.807) is 12.1 Å². The van der Waals surface area contributed by atoms with E-state index in [4.69, 9.17) is 17.3 Å². The van der Waals surface area contributed by atoms with E-state index in [0.717, 1.165) is 5.01 Å². The van der Waals surface area contributed by atoms with E-state index in [-0.39, 0.29) is 16.3 Å². The zero-order chi connectivity index (χ0) is 15.7. The number of thiophene rings is 1. The zero-order valence-corrected chi connectivity index (χ0v) is 13.5. The van der Waals surface area contributed by atoms with Crippen molar-refractivity contribution >= 4 is 55.4 Å². The standard InChI is InChI=1S/C13H10ClFN4OS2/c14-10-9-6(15)2-1-3-7(9)21-11(10)12(20)17-5-4-8-18-19-13(16)22-8/h1-3H,4-5H2,(H2,16,19)(H,17,20). The number of carbonyl (C=O) groups excluding carboxylic acids is 1. The third-order valence-corrected chi connectivity index (χ3v) is 5.38. The summed E-state index contributed by atoms with van der Waals surface area (Å²) in [7, 11) is 0. The number of nitrogens with one attached hydrogen (secondary N) is 1.